The van der Waals surface area contributed by atoms with E-state index in [1.807, 2.05) is 0 Å². The summed E-state index contributed by atoms with van der Waals surface area (Å²) >= 11 is 5.52. The predicted octanol–water partition coefficient (Wildman–Crippen LogP) is 3.54. The molecule has 1 heterocycles. The molecule has 0 aliphatic rings. The lowest BCUT2D eigenvalue weighted by atomic mass is 10.2. The van der Waals surface area contributed by atoms with E-state index in [1.54, 1.807) is 6.92 Å². The van der Waals surface area contributed by atoms with Crippen LogP contribution in [0.5, 0.6) is 0 Å². The topological polar surface area (TPSA) is 28.7 Å². The molecule has 2 aromatic rings. The van der Waals surface area contributed by atoms with E-state index in [-0.39, 0.29) is 5.02 Å². The number of aromatic amines is 1. The Bertz CT molecular complexity index is 516. The molecule has 80 valence electrons. The number of hydrogen-bond donors (Lipinski definition) is 1. The zero-order valence-electron chi connectivity index (χ0n) is 7.61. The number of benzene rings is 1. The third-order valence-electron chi connectivity index (χ3n) is 1.99. The van der Waals surface area contributed by atoms with Gasteiger partial charge in [-0.3, -0.25) is 0 Å². The molecule has 0 atom stereocenters. The average molecular weight is 235 g/mol. The highest BCUT2D eigenvalue weighted by molar-refractivity contribution is 6.32. The standard InChI is InChI=1S/C9H6ClF3N2/c1-4-14-7-2-5(9(11,12)13)6(10)3-8(7)15-4/h2-3H,1H3,(H,14,15). The molecule has 0 aliphatic heterocycles. The average Bonchev–Trinajstić information content (AvgIpc) is 2.40. The smallest absolute Gasteiger partial charge is 0.342 e. The van der Waals surface area contributed by atoms with Crippen LogP contribution in [0.1, 0.15) is 11.4 Å². The number of H-pyrrole nitrogens is 1. The molecular formula is C9H6ClF3N2. The Balaban J connectivity index is 2.72. The minimum absolute atomic E-state index is 0.332. The maximum Gasteiger partial charge on any atom is 0.417 e. The van der Waals surface area contributed by atoms with Gasteiger partial charge in [0.25, 0.3) is 0 Å². The second-order valence-electron chi connectivity index (χ2n) is 3.17. The number of hydrogen-bond acceptors (Lipinski definition) is 1. The highest BCUT2D eigenvalue weighted by Gasteiger charge is 2.33. The molecule has 0 saturated carbocycles. The summed E-state index contributed by atoms with van der Waals surface area (Å²) in [6.45, 7) is 1.67. The number of halogens is 4. The van der Waals surface area contributed by atoms with E-state index in [1.165, 1.54) is 6.07 Å². The Morgan fingerprint density at radius 3 is 2.60 bits per heavy atom. The van der Waals surface area contributed by atoms with Crippen molar-refractivity contribution in [2.45, 2.75) is 13.1 Å². The predicted molar refractivity (Wildman–Crippen MR) is 50.8 cm³/mol. The van der Waals surface area contributed by atoms with Crippen molar-refractivity contribution in [3.05, 3.63) is 28.5 Å². The van der Waals surface area contributed by atoms with E-state index in [4.69, 9.17) is 11.6 Å². The quantitative estimate of drug-likeness (QED) is 0.742. The van der Waals surface area contributed by atoms with E-state index in [2.05, 4.69) is 9.97 Å². The van der Waals surface area contributed by atoms with Crippen molar-refractivity contribution in [1.82, 2.24) is 9.97 Å². The molecule has 6 heteroatoms. The third-order valence-corrected chi connectivity index (χ3v) is 2.31. The Kier molecular flexibility index (Phi) is 2.15. The summed E-state index contributed by atoms with van der Waals surface area (Å²) in [6, 6.07) is 2.18. The summed E-state index contributed by atoms with van der Waals surface area (Å²) in [5.74, 6) is 0.556. The summed E-state index contributed by atoms with van der Waals surface area (Å²) < 4.78 is 37.4. The number of imidazole rings is 1. The van der Waals surface area contributed by atoms with Gasteiger partial charge in [-0.2, -0.15) is 13.2 Å². The van der Waals surface area contributed by atoms with Gasteiger partial charge in [0.2, 0.25) is 0 Å². The molecule has 2 nitrogen and oxygen atoms in total. The van der Waals surface area contributed by atoms with E-state index < -0.39 is 11.7 Å². The molecule has 0 bridgehead atoms. The second kappa shape index (κ2) is 3.13. The first-order valence-corrected chi connectivity index (χ1v) is 4.49. The zero-order valence-corrected chi connectivity index (χ0v) is 8.37. The van der Waals surface area contributed by atoms with Crippen molar-refractivity contribution in [2.24, 2.45) is 0 Å². The van der Waals surface area contributed by atoms with Gasteiger partial charge in [0, 0.05) is 0 Å². The van der Waals surface area contributed by atoms with E-state index in [0.717, 1.165) is 6.07 Å². The van der Waals surface area contributed by atoms with E-state index in [9.17, 15) is 13.2 Å². The first kappa shape index (κ1) is 10.3. The SMILES string of the molecule is Cc1nc2cc(Cl)c(C(F)(F)F)cc2[nH]1. The van der Waals surface area contributed by atoms with E-state index >= 15 is 0 Å². The summed E-state index contributed by atoms with van der Waals surface area (Å²) in [6.07, 6.45) is -4.44. The number of nitrogens with one attached hydrogen (secondary N) is 1. The van der Waals surface area contributed by atoms with Gasteiger partial charge < -0.3 is 4.98 Å². The zero-order chi connectivity index (χ0) is 11.2. The first-order valence-electron chi connectivity index (χ1n) is 4.11. The normalized spacial score (nSPS) is 12.3. The lowest BCUT2D eigenvalue weighted by molar-refractivity contribution is -0.137. The maximum atomic E-state index is 12.5. The molecule has 0 spiro atoms. The second-order valence-corrected chi connectivity index (χ2v) is 3.58. The molecule has 1 N–H and O–H groups in total. The molecule has 1 aromatic heterocycles. The lowest BCUT2D eigenvalue weighted by Gasteiger charge is -2.07. The van der Waals surface area contributed by atoms with Crippen molar-refractivity contribution >= 4 is 22.6 Å². The van der Waals surface area contributed by atoms with Crippen molar-refractivity contribution < 1.29 is 13.2 Å². The highest BCUT2D eigenvalue weighted by atomic mass is 35.5. The van der Waals surface area contributed by atoms with Crippen LogP contribution in [0.25, 0.3) is 11.0 Å². The molecule has 0 saturated heterocycles. The maximum absolute atomic E-state index is 12.5. The summed E-state index contributed by atoms with van der Waals surface area (Å²) in [7, 11) is 0. The van der Waals surface area contributed by atoms with Gasteiger partial charge in [-0.1, -0.05) is 11.6 Å². The van der Waals surface area contributed by atoms with Crippen LogP contribution in [0, 0.1) is 6.92 Å². The van der Waals surface area contributed by atoms with Crippen molar-refractivity contribution in [1.29, 1.82) is 0 Å². The molecule has 1 aromatic carbocycles. The number of rotatable bonds is 0. The molecule has 0 amide bonds. The van der Waals surface area contributed by atoms with Gasteiger partial charge >= 0.3 is 6.18 Å². The molecule has 0 fully saturated rings. The monoisotopic (exact) mass is 234 g/mol. The van der Waals surface area contributed by atoms with Crippen LogP contribution >= 0.6 is 11.6 Å². The van der Waals surface area contributed by atoms with Crippen LogP contribution in [-0.4, -0.2) is 9.97 Å². The molecule has 2 rings (SSSR count). The van der Waals surface area contributed by atoms with Gasteiger partial charge in [0.1, 0.15) is 5.82 Å². The Morgan fingerprint density at radius 1 is 1.33 bits per heavy atom. The van der Waals surface area contributed by atoms with Gasteiger partial charge in [0.15, 0.2) is 0 Å². The van der Waals surface area contributed by atoms with Gasteiger partial charge in [-0.25, -0.2) is 4.98 Å². The Hall–Kier alpha value is -1.23. The van der Waals surface area contributed by atoms with Crippen molar-refractivity contribution in [2.75, 3.05) is 0 Å². The van der Waals surface area contributed by atoms with E-state index in [0.29, 0.717) is 16.9 Å². The summed E-state index contributed by atoms with van der Waals surface area (Å²) in [5.41, 5.74) is -0.0740. The van der Waals surface area contributed by atoms with Crippen LogP contribution in [0.4, 0.5) is 13.2 Å². The minimum Gasteiger partial charge on any atom is -0.342 e. The number of alkyl halides is 3. The Morgan fingerprint density at radius 2 is 2.00 bits per heavy atom. The highest BCUT2D eigenvalue weighted by Crippen LogP contribution is 2.36. The van der Waals surface area contributed by atoms with Gasteiger partial charge in [-0.15, -0.1) is 0 Å². The van der Waals surface area contributed by atoms with Crippen molar-refractivity contribution in [3.63, 3.8) is 0 Å². The third kappa shape index (κ3) is 1.79. The number of aryl methyl sites for hydroxylation is 1. The largest absolute Gasteiger partial charge is 0.417 e. The molecule has 0 aliphatic carbocycles. The number of nitrogens with zero attached hydrogens (tertiary/aromatic N) is 1. The number of fused-ring (bicyclic) bond motifs is 1. The molecular weight excluding hydrogens is 229 g/mol. The van der Waals surface area contributed by atoms with Crippen LogP contribution in [0.15, 0.2) is 12.1 Å². The first-order chi connectivity index (χ1) is 6.88. The fraction of sp³-hybridized carbons (Fsp3) is 0.222. The lowest BCUT2D eigenvalue weighted by Crippen LogP contribution is -2.05. The van der Waals surface area contributed by atoms with Crippen LogP contribution in [-0.2, 0) is 6.18 Å². The van der Waals surface area contributed by atoms with Crippen LogP contribution in [0.2, 0.25) is 5.02 Å². The Labute approximate surface area is 88.1 Å². The van der Waals surface area contributed by atoms with Crippen molar-refractivity contribution in [3.8, 4) is 0 Å². The van der Waals surface area contributed by atoms with Crippen LogP contribution in [0.3, 0.4) is 0 Å². The van der Waals surface area contributed by atoms with Gasteiger partial charge in [-0.05, 0) is 19.1 Å². The molecule has 0 radical (unpaired) electrons. The fourth-order valence-corrected chi connectivity index (χ4v) is 1.64. The van der Waals surface area contributed by atoms with Gasteiger partial charge in [0.05, 0.1) is 21.6 Å². The summed E-state index contributed by atoms with van der Waals surface area (Å²) in [5, 5.41) is -0.332. The number of aromatic nitrogens is 2. The molecule has 0 unspecified atom stereocenters. The summed E-state index contributed by atoms with van der Waals surface area (Å²) in [4.78, 5) is 6.72. The minimum atomic E-state index is -4.44. The van der Waals surface area contributed by atoms with Crippen LogP contribution < -0.4 is 0 Å². The molecule has 15 heavy (non-hydrogen) atoms. The fourth-order valence-electron chi connectivity index (χ4n) is 1.38.